The van der Waals surface area contributed by atoms with Crippen LogP contribution in [0.3, 0.4) is 0 Å². The molecule has 0 aromatic carbocycles. The lowest BCUT2D eigenvalue weighted by atomic mass is 10.1. The summed E-state index contributed by atoms with van der Waals surface area (Å²) in [7, 11) is -0.311. The standard InChI is InChI=1S/C12H20N6O6S/c1-13-11-9(17(19)20)8-10(18(21)22)12(14(11)2)15-4-6-16(7-5-15)25(3,23)24/h13H,4-8H2,1-3H3. The summed E-state index contributed by atoms with van der Waals surface area (Å²) in [6.45, 7) is 0.910. The number of nitrogens with zero attached hydrogens (tertiary/aromatic N) is 5. The molecule has 1 N–H and O–H groups in total. The Morgan fingerprint density at radius 3 is 1.96 bits per heavy atom. The highest BCUT2D eigenvalue weighted by Crippen LogP contribution is 2.31. The Bertz CT molecular complexity index is 752. The summed E-state index contributed by atoms with van der Waals surface area (Å²) in [6.07, 6.45) is 0.699. The maximum Gasteiger partial charge on any atom is 0.297 e. The average Bonchev–Trinajstić information content (AvgIpc) is 2.52. The van der Waals surface area contributed by atoms with Gasteiger partial charge in [-0.05, 0) is 0 Å². The molecular weight excluding hydrogens is 356 g/mol. The van der Waals surface area contributed by atoms with Crippen LogP contribution in [0.15, 0.2) is 23.0 Å². The maximum absolute atomic E-state index is 11.6. The first-order valence-corrected chi connectivity index (χ1v) is 9.29. The summed E-state index contributed by atoms with van der Waals surface area (Å²) in [5.41, 5.74) is -0.559. The molecule has 0 aromatic heterocycles. The van der Waals surface area contributed by atoms with Crippen molar-refractivity contribution in [2.75, 3.05) is 46.5 Å². The lowest BCUT2D eigenvalue weighted by molar-refractivity contribution is -0.455. The van der Waals surface area contributed by atoms with Gasteiger partial charge in [-0.3, -0.25) is 20.2 Å². The van der Waals surface area contributed by atoms with Gasteiger partial charge in [0.05, 0.1) is 16.1 Å². The molecule has 1 fully saturated rings. The van der Waals surface area contributed by atoms with E-state index in [1.807, 2.05) is 0 Å². The van der Waals surface area contributed by atoms with Gasteiger partial charge in [0.1, 0.15) is 6.42 Å². The average molecular weight is 376 g/mol. The van der Waals surface area contributed by atoms with Gasteiger partial charge in [-0.15, -0.1) is 0 Å². The lowest BCUT2D eigenvalue weighted by Gasteiger charge is -2.40. The van der Waals surface area contributed by atoms with E-state index in [0.29, 0.717) is 0 Å². The number of sulfonamides is 1. The molecule has 0 radical (unpaired) electrons. The Balaban J connectivity index is 2.36. The normalized spacial score (nSPS) is 20.1. The van der Waals surface area contributed by atoms with E-state index < -0.39 is 26.3 Å². The molecule has 2 aliphatic heterocycles. The molecule has 13 heteroatoms. The van der Waals surface area contributed by atoms with Gasteiger partial charge >= 0.3 is 0 Å². The Kier molecular flexibility index (Phi) is 5.17. The molecule has 140 valence electrons. The second-order valence-electron chi connectivity index (χ2n) is 5.71. The minimum absolute atomic E-state index is 0.177. The molecular formula is C12H20N6O6S. The fraction of sp³-hybridized carbons (Fsp3) is 0.667. The van der Waals surface area contributed by atoms with Crippen LogP contribution < -0.4 is 5.32 Å². The highest BCUT2D eigenvalue weighted by molar-refractivity contribution is 7.88. The third-order valence-electron chi connectivity index (χ3n) is 4.20. The summed E-state index contributed by atoms with van der Waals surface area (Å²) in [5.74, 6) is 0.421. The van der Waals surface area contributed by atoms with Crippen LogP contribution in [-0.4, -0.2) is 78.9 Å². The van der Waals surface area contributed by atoms with Gasteiger partial charge in [0.15, 0.2) is 11.6 Å². The molecule has 0 aromatic rings. The molecule has 0 aliphatic carbocycles. The molecule has 1 saturated heterocycles. The first-order valence-electron chi connectivity index (χ1n) is 7.44. The predicted molar refractivity (Wildman–Crippen MR) is 87.5 cm³/mol. The fourth-order valence-corrected chi connectivity index (χ4v) is 3.88. The monoisotopic (exact) mass is 376 g/mol. The first kappa shape index (κ1) is 18.9. The first-order chi connectivity index (χ1) is 11.6. The number of rotatable bonds is 5. The van der Waals surface area contributed by atoms with Crippen molar-refractivity contribution in [2.45, 2.75) is 6.42 Å². The summed E-state index contributed by atoms with van der Waals surface area (Å²) >= 11 is 0. The van der Waals surface area contributed by atoms with Crippen LogP contribution in [0, 0.1) is 20.2 Å². The van der Waals surface area contributed by atoms with Gasteiger partial charge in [-0.25, -0.2) is 8.42 Å². The highest BCUT2D eigenvalue weighted by atomic mass is 32.2. The molecule has 2 heterocycles. The Labute approximate surface area is 144 Å². The highest BCUT2D eigenvalue weighted by Gasteiger charge is 2.41. The zero-order chi connectivity index (χ0) is 18.9. The molecule has 0 saturated carbocycles. The Morgan fingerprint density at radius 2 is 1.56 bits per heavy atom. The summed E-state index contributed by atoms with van der Waals surface area (Å²) in [6, 6.07) is 0. The van der Waals surface area contributed by atoms with Crippen LogP contribution in [0.4, 0.5) is 0 Å². The smallest absolute Gasteiger partial charge is 0.297 e. The SMILES string of the molecule is CNC1=C([N+](=O)[O-])CC([N+](=O)[O-])=C(N2CCN(S(C)(=O)=O)CC2)N1C. The summed E-state index contributed by atoms with van der Waals surface area (Å²) < 4.78 is 24.5. The molecule has 25 heavy (non-hydrogen) atoms. The topological polar surface area (TPSA) is 142 Å². The number of hydrogen-bond donors (Lipinski definition) is 1. The van der Waals surface area contributed by atoms with Crippen LogP contribution in [0.25, 0.3) is 0 Å². The molecule has 0 spiro atoms. The zero-order valence-electron chi connectivity index (χ0n) is 14.1. The second-order valence-corrected chi connectivity index (χ2v) is 7.70. The molecule has 2 rings (SSSR count). The largest absolute Gasteiger partial charge is 0.369 e. The number of nitro groups is 2. The van der Waals surface area contributed by atoms with Gasteiger partial charge in [0.2, 0.25) is 10.0 Å². The quantitative estimate of drug-likeness (QED) is 0.472. The number of nitrogens with one attached hydrogen (secondary N) is 1. The van der Waals surface area contributed by atoms with Gasteiger partial charge in [0.25, 0.3) is 11.4 Å². The number of piperazine rings is 1. The van der Waals surface area contributed by atoms with Crippen molar-refractivity contribution >= 4 is 10.0 Å². The van der Waals surface area contributed by atoms with E-state index in [1.54, 1.807) is 4.90 Å². The minimum atomic E-state index is -3.33. The van der Waals surface area contributed by atoms with Crippen LogP contribution in [-0.2, 0) is 10.0 Å². The van der Waals surface area contributed by atoms with Gasteiger partial charge in [0, 0.05) is 40.3 Å². The summed E-state index contributed by atoms with van der Waals surface area (Å²) in [4.78, 5) is 24.5. The molecule has 2 aliphatic rings. The fourth-order valence-electron chi connectivity index (χ4n) is 3.05. The molecule has 0 unspecified atom stereocenters. The number of hydrogen-bond acceptors (Lipinski definition) is 9. The summed E-state index contributed by atoms with van der Waals surface area (Å²) in [5, 5.41) is 25.4. The Morgan fingerprint density at radius 1 is 1.04 bits per heavy atom. The second kappa shape index (κ2) is 6.84. The van der Waals surface area contributed by atoms with Crippen molar-refractivity contribution in [3.8, 4) is 0 Å². The van der Waals surface area contributed by atoms with E-state index in [1.165, 1.54) is 23.3 Å². The van der Waals surface area contributed by atoms with Crippen molar-refractivity contribution in [3.05, 3.63) is 43.3 Å². The Hall–Kier alpha value is -2.41. The molecule has 0 bridgehead atoms. The van der Waals surface area contributed by atoms with E-state index >= 15 is 0 Å². The van der Waals surface area contributed by atoms with Crippen molar-refractivity contribution in [1.29, 1.82) is 0 Å². The van der Waals surface area contributed by atoms with E-state index in [2.05, 4.69) is 5.32 Å². The van der Waals surface area contributed by atoms with Crippen molar-refractivity contribution in [3.63, 3.8) is 0 Å². The van der Waals surface area contributed by atoms with Crippen LogP contribution in [0.2, 0.25) is 0 Å². The predicted octanol–water partition coefficient (Wildman–Crippen LogP) is -0.990. The third-order valence-corrected chi connectivity index (χ3v) is 5.51. The van der Waals surface area contributed by atoms with Gasteiger partial charge in [-0.2, -0.15) is 4.31 Å². The van der Waals surface area contributed by atoms with Gasteiger partial charge < -0.3 is 15.1 Å². The van der Waals surface area contributed by atoms with Crippen LogP contribution in [0.1, 0.15) is 6.42 Å². The van der Waals surface area contributed by atoms with E-state index in [0.717, 1.165) is 6.26 Å². The molecule has 12 nitrogen and oxygen atoms in total. The maximum atomic E-state index is 11.6. The van der Waals surface area contributed by atoms with Crippen molar-refractivity contribution < 1.29 is 18.3 Å². The van der Waals surface area contributed by atoms with E-state index in [9.17, 15) is 28.6 Å². The molecule has 0 amide bonds. The van der Waals surface area contributed by atoms with E-state index in [4.69, 9.17) is 0 Å². The minimum Gasteiger partial charge on any atom is -0.369 e. The third kappa shape index (κ3) is 3.66. The van der Waals surface area contributed by atoms with Crippen molar-refractivity contribution in [2.24, 2.45) is 0 Å². The van der Waals surface area contributed by atoms with Crippen molar-refractivity contribution in [1.82, 2.24) is 19.4 Å². The van der Waals surface area contributed by atoms with Crippen LogP contribution >= 0.6 is 0 Å². The van der Waals surface area contributed by atoms with Gasteiger partial charge in [-0.1, -0.05) is 0 Å². The molecule has 0 atom stereocenters. The van der Waals surface area contributed by atoms with E-state index in [-0.39, 0.29) is 49.2 Å². The van der Waals surface area contributed by atoms with Crippen LogP contribution in [0.5, 0.6) is 0 Å². The lowest BCUT2D eigenvalue weighted by Crippen LogP contribution is -2.51. The zero-order valence-corrected chi connectivity index (χ0v) is 14.9.